The van der Waals surface area contributed by atoms with E-state index in [1.807, 2.05) is 32.0 Å². The topological polar surface area (TPSA) is 76.7 Å². The first-order valence-corrected chi connectivity index (χ1v) is 9.51. The zero-order chi connectivity index (χ0) is 19.9. The van der Waals surface area contributed by atoms with E-state index in [9.17, 15) is 9.59 Å². The highest BCUT2D eigenvalue weighted by molar-refractivity contribution is 5.99. The maximum absolute atomic E-state index is 12.3. The molecule has 6 heteroatoms. The van der Waals surface area contributed by atoms with Crippen LogP contribution in [0.25, 0.3) is 0 Å². The summed E-state index contributed by atoms with van der Waals surface area (Å²) in [5.74, 6) is 0.129. The molecule has 0 radical (unpaired) electrons. The number of amides is 2. The molecule has 2 amide bonds. The quantitative estimate of drug-likeness (QED) is 0.771. The number of carbonyl (C=O) groups is 2. The van der Waals surface area contributed by atoms with Crippen molar-refractivity contribution >= 4 is 17.5 Å². The summed E-state index contributed by atoms with van der Waals surface area (Å²) in [6.45, 7) is 5.09. The van der Waals surface area contributed by atoms with Crippen molar-refractivity contribution in [2.24, 2.45) is 0 Å². The third-order valence-electron chi connectivity index (χ3n) is 4.73. The molecule has 1 atom stereocenters. The van der Waals surface area contributed by atoms with E-state index in [0.29, 0.717) is 17.9 Å². The Morgan fingerprint density at radius 1 is 1.11 bits per heavy atom. The van der Waals surface area contributed by atoms with Crippen molar-refractivity contribution in [1.82, 2.24) is 5.32 Å². The van der Waals surface area contributed by atoms with E-state index in [4.69, 9.17) is 9.47 Å². The zero-order valence-electron chi connectivity index (χ0n) is 16.3. The smallest absolute Gasteiger partial charge is 0.251 e. The lowest BCUT2D eigenvalue weighted by Crippen LogP contribution is -2.33. The van der Waals surface area contributed by atoms with Crippen LogP contribution in [0.3, 0.4) is 0 Å². The van der Waals surface area contributed by atoms with Gasteiger partial charge in [0, 0.05) is 17.9 Å². The summed E-state index contributed by atoms with van der Waals surface area (Å²) in [5, 5.41) is 5.49. The number of para-hydroxylation sites is 1. The van der Waals surface area contributed by atoms with Crippen LogP contribution in [0, 0.1) is 13.8 Å². The first kappa shape index (κ1) is 19.9. The minimum absolute atomic E-state index is 0.0934. The van der Waals surface area contributed by atoms with Gasteiger partial charge in [0.25, 0.3) is 5.91 Å². The van der Waals surface area contributed by atoms with Crippen molar-refractivity contribution in [2.45, 2.75) is 32.8 Å². The summed E-state index contributed by atoms with van der Waals surface area (Å²) >= 11 is 0. The van der Waals surface area contributed by atoms with E-state index in [-0.39, 0.29) is 24.5 Å². The number of aryl methyl sites for hydroxylation is 2. The summed E-state index contributed by atoms with van der Waals surface area (Å²) < 4.78 is 11.2. The van der Waals surface area contributed by atoms with Gasteiger partial charge in [-0.15, -0.1) is 0 Å². The second-order valence-electron chi connectivity index (χ2n) is 6.97. The molecule has 3 rings (SSSR count). The number of carbonyl (C=O) groups excluding carboxylic acids is 2. The first-order chi connectivity index (χ1) is 13.5. The summed E-state index contributed by atoms with van der Waals surface area (Å²) in [4.78, 5) is 24.4. The summed E-state index contributed by atoms with van der Waals surface area (Å²) in [6, 6.07) is 12.7. The van der Waals surface area contributed by atoms with Gasteiger partial charge in [0.2, 0.25) is 5.91 Å². The maximum Gasteiger partial charge on any atom is 0.251 e. The van der Waals surface area contributed by atoms with Crippen LogP contribution in [0.4, 0.5) is 5.69 Å². The molecule has 0 unspecified atom stereocenters. The third-order valence-corrected chi connectivity index (χ3v) is 4.73. The fourth-order valence-electron chi connectivity index (χ4n) is 3.13. The van der Waals surface area contributed by atoms with Gasteiger partial charge in [-0.3, -0.25) is 9.59 Å². The van der Waals surface area contributed by atoms with Crippen LogP contribution in [-0.4, -0.2) is 37.7 Å². The molecular formula is C22H26N2O4. The number of rotatable bonds is 7. The van der Waals surface area contributed by atoms with E-state index in [0.717, 1.165) is 36.3 Å². The molecule has 28 heavy (non-hydrogen) atoms. The van der Waals surface area contributed by atoms with E-state index in [1.54, 1.807) is 24.3 Å². The number of anilines is 1. The van der Waals surface area contributed by atoms with Crippen molar-refractivity contribution in [3.05, 3.63) is 59.2 Å². The molecule has 148 valence electrons. The highest BCUT2D eigenvalue weighted by atomic mass is 16.5. The van der Waals surface area contributed by atoms with Crippen LogP contribution in [-0.2, 0) is 9.53 Å². The van der Waals surface area contributed by atoms with Gasteiger partial charge in [-0.1, -0.05) is 18.2 Å². The van der Waals surface area contributed by atoms with Gasteiger partial charge in [-0.2, -0.15) is 0 Å². The molecule has 0 bridgehead atoms. The van der Waals surface area contributed by atoms with Crippen molar-refractivity contribution < 1.29 is 19.1 Å². The van der Waals surface area contributed by atoms with Crippen LogP contribution in [0.5, 0.6) is 5.75 Å². The van der Waals surface area contributed by atoms with Gasteiger partial charge in [0.05, 0.1) is 12.6 Å². The van der Waals surface area contributed by atoms with Crippen LogP contribution in [0.15, 0.2) is 42.5 Å². The Kier molecular flexibility index (Phi) is 6.66. The lowest BCUT2D eigenvalue weighted by molar-refractivity contribution is -0.115. The molecule has 1 aliphatic rings. The molecule has 2 N–H and O–H groups in total. The van der Waals surface area contributed by atoms with Gasteiger partial charge >= 0.3 is 0 Å². The molecule has 1 fully saturated rings. The predicted octanol–water partition coefficient (Wildman–Crippen LogP) is 3.23. The molecular weight excluding hydrogens is 356 g/mol. The molecule has 2 aromatic carbocycles. The minimum atomic E-state index is -0.303. The van der Waals surface area contributed by atoms with E-state index < -0.39 is 0 Å². The average molecular weight is 382 g/mol. The Morgan fingerprint density at radius 2 is 1.82 bits per heavy atom. The minimum Gasteiger partial charge on any atom is -0.491 e. The van der Waals surface area contributed by atoms with E-state index in [2.05, 4.69) is 10.6 Å². The lowest BCUT2D eigenvalue weighted by Gasteiger charge is -2.13. The summed E-state index contributed by atoms with van der Waals surface area (Å²) in [6.07, 6.45) is 2.24. The van der Waals surface area contributed by atoms with Gasteiger partial charge in [-0.25, -0.2) is 0 Å². The molecule has 0 aliphatic carbocycles. The predicted molar refractivity (Wildman–Crippen MR) is 108 cm³/mol. The zero-order valence-corrected chi connectivity index (χ0v) is 16.3. The van der Waals surface area contributed by atoms with Crippen LogP contribution < -0.4 is 15.4 Å². The number of ether oxygens (including phenoxy) is 2. The standard InChI is InChI=1S/C22H26N2O4/c1-15-5-3-6-16(2)21(15)24-20(25)13-23-22(26)17-8-10-18(11-9-17)28-14-19-7-4-12-27-19/h3,5-6,8-11,19H,4,7,12-14H2,1-2H3,(H,23,26)(H,24,25)/t19-/m0/s1. The molecule has 6 nitrogen and oxygen atoms in total. The Balaban J connectivity index is 1.47. The fourth-order valence-corrected chi connectivity index (χ4v) is 3.13. The molecule has 1 aliphatic heterocycles. The van der Waals surface area contributed by atoms with E-state index in [1.165, 1.54) is 0 Å². The van der Waals surface area contributed by atoms with Gasteiger partial charge in [0.15, 0.2) is 0 Å². The largest absolute Gasteiger partial charge is 0.491 e. The van der Waals surface area contributed by atoms with Crippen LogP contribution in [0.1, 0.15) is 34.3 Å². The Labute approximate surface area is 165 Å². The van der Waals surface area contributed by atoms with E-state index >= 15 is 0 Å². The SMILES string of the molecule is Cc1cccc(C)c1NC(=O)CNC(=O)c1ccc(OC[C@@H]2CCCO2)cc1. The van der Waals surface area contributed by atoms with Crippen molar-refractivity contribution in [2.75, 3.05) is 25.1 Å². The Morgan fingerprint density at radius 3 is 2.46 bits per heavy atom. The van der Waals surface area contributed by atoms with Crippen LogP contribution in [0.2, 0.25) is 0 Å². The Bertz CT molecular complexity index is 807. The normalized spacial score (nSPS) is 15.9. The summed E-state index contributed by atoms with van der Waals surface area (Å²) in [5.41, 5.74) is 3.23. The average Bonchev–Trinajstić information content (AvgIpc) is 3.21. The highest BCUT2D eigenvalue weighted by Crippen LogP contribution is 2.19. The maximum atomic E-state index is 12.3. The molecule has 1 saturated heterocycles. The molecule has 2 aromatic rings. The van der Waals surface area contributed by atoms with Gasteiger partial charge in [-0.05, 0) is 62.1 Å². The van der Waals surface area contributed by atoms with Crippen molar-refractivity contribution in [3.8, 4) is 5.75 Å². The molecule has 0 aromatic heterocycles. The number of nitrogens with one attached hydrogen (secondary N) is 2. The van der Waals surface area contributed by atoms with Crippen molar-refractivity contribution in [3.63, 3.8) is 0 Å². The molecule has 1 heterocycles. The molecule has 0 saturated carbocycles. The first-order valence-electron chi connectivity index (χ1n) is 9.51. The number of hydrogen-bond donors (Lipinski definition) is 2. The highest BCUT2D eigenvalue weighted by Gasteiger charge is 2.16. The second-order valence-corrected chi connectivity index (χ2v) is 6.97. The fraction of sp³-hybridized carbons (Fsp3) is 0.364. The number of hydrogen-bond acceptors (Lipinski definition) is 4. The van der Waals surface area contributed by atoms with Crippen molar-refractivity contribution in [1.29, 1.82) is 0 Å². The van der Waals surface area contributed by atoms with Gasteiger partial charge in [0.1, 0.15) is 12.4 Å². The Hall–Kier alpha value is -2.86. The number of benzene rings is 2. The van der Waals surface area contributed by atoms with Crippen LogP contribution >= 0.6 is 0 Å². The van der Waals surface area contributed by atoms with Gasteiger partial charge < -0.3 is 20.1 Å². The second kappa shape index (κ2) is 9.37. The summed E-state index contributed by atoms with van der Waals surface area (Å²) in [7, 11) is 0. The third kappa shape index (κ3) is 5.33. The molecule has 0 spiro atoms. The lowest BCUT2D eigenvalue weighted by atomic mass is 10.1. The monoisotopic (exact) mass is 382 g/mol.